The molecule has 9 rings (SSSR count). The van der Waals surface area contributed by atoms with Crippen molar-refractivity contribution in [1.29, 1.82) is 0 Å². The molecule has 0 saturated heterocycles. The highest BCUT2D eigenvalue weighted by atomic mass is 16.5. The van der Waals surface area contributed by atoms with Crippen molar-refractivity contribution in [1.82, 2.24) is 49.3 Å². The predicted molar refractivity (Wildman–Crippen MR) is 291 cm³/mol. The minimum atomic E-state index is -0.340. The van der Waals surface area contributed by atoms with Crippen LogP contribution in [0.25, 0.3) is 21.8 Å². The molecule has 3 aliphatic rings. The first kappa shape index (κ1) is 56.9. The van der Waals surface area contributed by atoms with E-state index < -0.39 is 0 Å². The number of pyridine rings is 2. The fourth-order valence-electron chi connectivity index (χ4n) is 8.25. The number of ether oxygens (including phenoxy) is 2. The van der Waals surface area contributed by atoms with Crippen molar-refractivity contribution in [3.05, 3.63) is 96.4 Å². The summed E-state index contributed by atoms with van der Waals surface area (Å²) in [6, 6.07) is 20.1. The maximum Gasteiger partial charge on any atom is 0.147 e. The van der Waals surface area contributed by atoms with Crippen LogP contribution in [0.2, 0.25) is 0 Å². The van der Waals surface area contributed by atoms with E-state index in [1.807, 2.05) is 61.0 Å². The maximum absolute atomic E-state index is 9.75. The van der Waals surface area contributed by atoms with E-state index in [4.69, 9.17) is 9.47 Å². The van der Waals surface area contributed by atoms with Crippen LogP contribution >= 0.6 is 0 Å². The minimum Gasteiger partial charge on any atom is -0.493 e. The molecule has 13 heteroatoms. The van der Waals surface area contributed by atoms with Gasteiger partial charge in [-0.3, -0.25) is 19.8 Å². The van der Waals surface area contributed by atoms with Crippen molar-refractivity contribution in [2.24, 2.45) is 16.2 Å². The molecule has 6 aromatic rings. The summed E-state index contributed by atoms with van der Waals surface area (Å²) in [5.41, 5.74) is 2.80. The Bertz CT molecular complexity index is 2550. The van der Waals surface area contributed by atoms with Crippen LogP contribution in [0, 0.1) is 30.1 Å². The Balaban J connectivity index is 0.000000167. The van der Waals surface area contributed by atoms with Gasteiger partial charge in [0, 0.05) is 59.9 Å². The lowest BCUT2D eigenvalue weighted by atomic mass is 9.64. The fourth-order valence-corrected chi connectivity index (χ4v) is 8.25. The second-order valence-corrected chi connectivity index (χ2v) is 24.9. The Labute approximate surface area is 427 Å². The standard InChI is InChI=1S/2C15H19NO.2C10H18N4.C8H16O/c1-15(2,3)9-11-17-14-8-4-7-13-12(14)6-5-10-16-13;1-15(2,3)8-10-17-13-7-6-12-5-4-9-16-14(12)11-13;1-8-11-12-9-7-13(10(2,3)4)5-6-14(8)9;1-8-11-9-7-13(10(2,3)4)5-6-14(9)12-8;1-7(2,3)8(9)5-4-6-8/h4-8,10H,9,11H2,1-3H3;4-7,9,11H,8,10H2,1-3H3;2*5-7H2,1-4H3;9H,4-6H2,1-3H3. The normalized spacial score (nSPS) is 16.0. The van der Waals surface area contributed by atoms with E-state index >= 15 is 0 Å². The number of fused-ring (bicyclic) bond motifs is 4. The number of hydrogen-bond acceptors (Lipinski definition) is 11. The van der Waals surface area contributed by atoms with Crippen LogP contribution in [0.5, 0.6) is 11.5 Å². The van der Waals surface area contributed by atoms with Gasteiger partial charge in [-0.25, -0.2) is 9.67 Å². The molecule has 2 aromatic carbocycles. The monoisotopic (exact) mass is 975 g/mol. The van der Waals surface area contributed by atoms with Crippen molar-refractivity contribution >= 4 is 21.8 Å². The molecule has 390 valence electrons. The molecule has 0 bridgehead atoms. The largest absolute Gasteiger partial charge is 0.493 e. The Morgan fingerprint density at radius 3 is 1.79 bits per heavy atom. The summed E-state index contributed by atoms with van der Waals surface area (Å²) in [6.07, 6.45) is 8.90. The average Bonchev–Trinajstić information content (AvgIpc) is 3.85. The summed E-state index contributed by atoms with van der Waals surface area (Å²) >= 11 is 0. The molecule has 0 radical (unpaired) electrons. The summed E-state index contributed by atoms with van der Waals surface area (Å²) in [6.45, 7) is 44.5. The van der Waals surface area contributed by atoms with Gasteiger partial charge in [-0.05, 0) is 146 Å². The minimum absolute atomic E-state index is 0.0885. The summed E-state index contributed by atoms with van der Waals surface area (Å²) in [5.74, 6) is 5.96. The van der Waals surface area contributed by atoms with E-state index in [0.29, 0.717) is 10.8 Å². The van der Waals surface area contributed by atoms with Crippen molar-refractivity contribution in [2.45, 2.75) is 193 Å². The first-order chi connectivity index (χ1) is 33.0. The lowest BCUT2D eigenvalue weighted by molar-refractivity contribution is -0.117. The lowest BCUT2D eigenvalue weighted by Gasteiger charge is -2.47. The highest BCUT2D eigenvalue weighted by molar-refractivity contribution is 5.84. The van der Waals surface area contributed by atoms with Gasteiger partial charge < -0.3 is 19.1 Å². The van der Waals surface area contributed by atoms with Crippen LogP contribution in [-0.4, -0.2) is 97.4 Å². The number of aliphatic hydroxyl groups is 1. The average molecular weight is 975 g/mol. The molecule has 1 aliphatic carbocycles. The van der Waals surface area contributed by atoms with Crippen molar-refractivity contribution in [3.63, 3.8) is 0 Å². The maximum atomic E-state index is 9.75. The highest BCUT2D eigenvalue weighted by Crippen LogP contribution is 2.45. The smallest absolute Gasteiger partial charge is 0.147 e. The molecule has 13 nitrogen and oxygen atoms in total. The van der Waals surface area contributed by atoms with E-state index in [2.05, 4.69) is 167 Å². The van der Waals surface area contributed by atoms with Gasteiger partial charge in [-0.1, -0.05) is 74.4 Å². The first-order valence-electron chi connectivity index (χ1n) is 26.0. The van der Waals surface area contributed by atoms with E-state index in [-0.39, 0.29) is 22.1 Å². The Hall–Kier alpha value is -4.98. The second kappa shape index (κ2) is 23.7. The number of aryl methyl sites for hydroxylation is 2. The summed E-state index contributed by atoms with van der Waals surface area (Å²) < 4.78 is 15.8. The zero-order chi connectivity index (χ0) is 52.4. The van der Waals surface area contributed by atoms with E-state index in [1.165, 1.54) is 6.42 Å². The molecule has 0 unspecified atom stereocenters. The van der Waals surface area contributed by atoms with Crippen LogP contribution in [0.15, 0.2) is 73.1 Å². The van der Waals surface area contributed by atoms with Gasteiger partial charge in [0.05, 0.1) is 49.5 Å². The summed E-state index contributed by atoms with van der Waals surface area (Å²) in [7, 11) is 0. The Morgan fingerprint density at radius 2 is 1.21 bits per heavy atom. The highest BCUT2D eigenvalue weighted by Gasteiger charge is 2.44. The molecule has 0 atom stereocenters. The molecule has 71 heavy (non-hydrogen) atoms. The third-order valence-electron chi connectivity index (χ3n) is 13.6. The van der Waals surface area contributed by atoms with Crippen LogP contribution in [0.3, 0.4) is 0 Å². The number of benzene rings is 2. The first-order valence-corrected chi connectivity index (χ1v) is 26.0. The molecule has 0 spiro atoms. The molecule has 6 heterocycles. The van der Waals surface area contributed by atoms with E-state index in [0.717, 1.165) is 135 Å². The third-order valence-corrected chi connectivity index (χ3v) is 13.6. The van der Waals surface area contributed by atoms with Crippen molar-refractivity contribution in [3.8, 4) is 11.5 Å². The number of aromatic nitrogens is 8. The molecular formula is C58H90N10O3. The fraction of sp³-hybridized carbons (Fsp3) is 0.621. The summed E-state index contributed by atoms with van der Waals surface area (Å²) in [4.78, 5) is 17.9. The molecule has 1 N–H and O–H groups in total. The van der Waals surface area contributed by atoms with Gasteiger partial charge in [0.1, 0.15) is 34.8 Å². The zero-order valence-electron chi connectivity index (χ0n) is 46.9. The molecule has 0 amide bonds. The third kappa shape index (κ3) is 17.3. The number of hydrogen-bond donors (Lipinski definition) is 1. The molecule has 4 aromatic heterocycles. The molecule has 1 saturated carbocycles. The van der Waals surface area contributed by atoms with Gasteiger partial charge >= 0.3 is 0 Å². The van der Waals surface area contributed by atoms with Crippen LogP contribution in [-0.2, 0) is 26.2 Å². The molecular weight excluding hydrogens is 885 g/mol. The number of rotatable bonds is 6. The number of nitrogens with zero attached hydrogens (tertiary/aromatic N) is 10. The van der Waals surface area contributed by atoms with E-state index in [1.54, 1.807) is 12.4 Å². The topological polar surface area (TPSA) is 132 Å². The molecule has 1 fully saturated rings. The molecule has 2 aliphatic heterocycles. The van der Waals surface area contributed by atoms with Crippen LogP contribution in [0.4, 0.5) is 0 Å². The SMILES string of the molecule is CC(C)(C)C1(O)CCC1.CC(C)(C)CCOc1ccc2cccnc2c1.CC(C)(C)CCOc1cccc2ncccc12.Cc1nc2n(n1)CCN(C(C)(C)C)C2.Cc1nnc2n1CCN(C(C)(C)C)C2. The van der Waals surface area contributed by atoms with Gasteiger partial charge in [0.15, 0.2) is 0 Å². The van der Waals surface area contributed by atoms with Gasteiger partial charge in [0.2, 0.25) is 0 Å². The quantitative estimate of drug-likeness (QED) is 0.171. The Morgan fingerprint density at radius 1 is 0.620 bits per heavy atom. The van der Waals surface area contributed by atoms with E-state index in [9.17, 15) is 5.11 Å². The van der Waals surface area contributed by atoms with Gasteiger partial charge in [-0.15, -0.1) is 10.2 Å². The Kier molecular flexibility index (Phi) is 19.0. The van der Waals surface area contributed by atoms with Crippen LogP contribution in [0.1, 0.15) is 159 Å². The summed E-state index contributed by atoms with van der Waals surface area (Å²) in [5, 5.41) is 24.6. The second-order valence-electron chi connectivity index (χ2n) is 24.9. The van der Waals surface area contributed by atoms with Crippen LogP contribution < -0.4 is 9.47 Å². The van der Waals surface area contributed by atoms with Crippen molar-refractivity contribution in [2.75, 3.05) is 26.3 Å². The van der Waals surface area contributed by atoms with Gasteiger partial charge in [0.25, 0.3) is 0 Å². The zero-order valence-corrected chi connectivity index (χ0v) is 46.9. The van der Waals surface area contributed by atoms with Gasteiger partial charge in [-0.2, -0.15) is 5.10 Å². The van der Waals surface area contributed by atoms with Crippen molar-refractivity contribution < 1.29 is 14.6 Å². The predicted octanol–water partition coefficient (Wildman–Crippen LogP) is 12.4. The lowest BCUT2D eigenvalue weighted by Crippen LogP contribution is -2.48.